The SMILES string of the molecule is CC(C)(C)Cc1ccc2c(c1)C(N)=COC2.Cl. The lowest BCUT2D eigenvalue weighted by Gasteiger charge is -2.21. The second kappa shape index (κ2) is 5.01. The fourth-order valence-corrected chi connectivity index (χ4v) is 2.03. The Morgan fingerprint density at radius 2 is 2.00 bits per heavy atom. The number of hydrogen-bond donors (Lipinski definition) is 1. The average molecular weight is 254 g/mol. The van der Waals surface area contributed by atoms with E-state index < -0.39 is 0 Å². The van der Waals surface area contributed by atoms with Gasteiger partial charge in [0.05, 0.1) is 5.70 Å². The highest BCUT2D eigenvalue weighted by Crippen LogP contribution is 2.26. The summed E-state index contributed by atoms with van der Waals surface area (Å²) < 4.78 is 5.26. The molecule has 0 radical (unpaired) electrons. The van der Waals surface area contributed by atoms with E-state index >= 15 is 0 Å². The third-order valence-corrected chi connectivity index (χ3v) is 2.67. The molecule has 1 aromatic rings. The van der Waals surface area contributed by atoms with E-state index in [-0.39, 0.29) is 12.4 Å². The number of hydrogen-bond acceptors (Lipinski definition) is 2. The van der Waals surface area contributed by atoms with Crippen molar-refractivity contribution in [2.24, 2.45) is 11.1 Å². The predicted molar refractivity (Wildman–Crippen MR) is 73.8 cm³/mol. The fourth-order valence-electron chi connectivity index (χ4n) is 2.03. The van der Waals surface area contributed by atoms with Gasteiger partial charge in [-0.25, -0.2) is 0 Å². The smallest absolute Gasteiger partial charge is 0.113 e. The van der Waals surface area contributed by atoms with Crippen LogP contribution in [0.3, 0.4) is 0 Å². The summed E-state index contributed by atoms with van der Waals surface area (Å²) in [5.74, 6) is 0. The van der Waals surface area contributed by atoms with Crippen LogP contribution in [0.15, 0.2) is 24.5 Å². The first kappa shape index (κ1) is 13.9. The molecule has 2 N–H and O–H groups in total. The van der Waals surface area contributed by atoms with Crippen LogP contribution in [0.5, 0.6) is 0 Å². The highest BCUT2D eigenvalue weighted by molar-refractivity contribution is 5.85. The molecule has 1 aliphatic rings. The summed E-state index contributed by atoms with van der Waals surface area (Å²) in [6.45, 7) is 7.37. The molecule has 1 aromatic carbocycles. The van der Waals surface area contributed by atoms with Gasteiger partial charge in [-0.05, 0) is 29.0 Å². The Hall–Kier alpha value is -1.15. The lowest BCUT2D eigenvalue weighted by Crippen LogP contribution is -2.12. The molecule has 1 heterocycles. The molecule has 0 aromatic heterocycles. The molecule has 0 aliphatic carbocycles. The summed E-state index contributed by atoms with van der Waals surface area (Å²) in [4.78, 5) is 0. The molecule has 0 atom stereocenters. The number of nitrogens with two attached hydrogens (primary N) is 1. The molecule has 17 heavy (non-hydrogen) atoms. The number of fused-ring (bicyclic) bond motifs is 1. The summed E-state index contributed by atoms with van der Waals surface area (Å²) in [7, 11) is 0. The standard InChI is InChI=1S/C14H19NO.ClH/c1-14(2,3)7-10-4-5-11-8-16-9-13(15)12(11)6-10;/h4-6,9H,7-8,15H2,1-3H3;1H. The molecule has 3 heteroatoms. The summed E-state index contributed by atoms with van der Waals surface area (Å²) in [6.07, 6.45) is 2.71. The van der Waals surface area contributed by atoms with Crippen LogP contribution in [0.4, 0.5) is 0 Å². The zero-order valence-corrected chi connectivity index (χ0v) is 11.4. The van der Waals surface area contributed by atoms with Gasteiger partial charge in [0.25, 0.3) is 0 Å². The van der Waals surface area contributed by atoms with E-state index in [4.69, 9.17) is 10.5 Å². The number of benzene rings is 1. The monoisotopic (exact) mass is 253 g/mol. The Bertz CT molecular complexity index is 432. The van der Waals surface area contributed by atoms with Crippen LogP contribution in [0, 0.1) is 5.41 Å². The second-order valence-corrected chi connectivity index (χ2v) is 5.61. The molecule has 94 valence electrons. The van der Waals surface area contributed by atoms with Crippen molar-refractivity contribution >= 4 is 18.1 Å². The topological polar surface area (TPSA) is 35.2 Å². The average Bonchev–Trinajstić information content (AvgIpc) is 2.17. The maximum absolute atomic E-state index is 5.92. The molecule has 0 saturated carbocycles. The van der Waals surface area contributed by atoms with Gasteiger partial charge in [-0.15, -0.1) is 12.4 Å². The van der Waals surface area contributed by atoms with Crippen molar-refractivity contribution in [2.75, 3.05) is 0 Å². The minimum atomic E-state index is 0. The van der Waals surface area contributed by atoms with E-state index in [9.17, 15) is 0 Å². The molecule has 0 bridgehead atoms. The van der Waals surface area contributed by atoms with E-state index in [1.807, 2.05) is 0 Å². The van der Waals surface area contributed by atoms with Crippen molar-refractivity contribution in [1.29, 1.82) is 0 Å². The van der Waals surface area contributed by atoms with Crippen molar-refractivity contribution in [3.05, 3.63) is 41.2 Å². The molecular formula is C14H20ClNO. The molecule has 2 nitrogen and oxygen atoms in total. The van der Waals surface area contributed by atoms with Crippen molar-refractivity contribution in [1.82, 2.24) is 0 Å². The Morgan fingerprint density at radius 1 is 1.29 bits per heavy atom. The van der Waals surface area contributed by atoms with E-state index in [1.165, 1.54) is 11.1 Å². The van der Waals surface area contributed by atoms with Crippen LogP contribution < -0.4 is 5.73 Å². The summed E-state index contributed by atoms with van der Waals surface area (Å²) in [5, 5.41) is 0. The van der Waals surface area contributed by atoms with Crippen molar-refractivity contribution in [2.45, 2.75) is 33.8 Å². The van der Waals surface area contributed by atoms with Crippen LogP contribution in [-0.2, 0) is 17.8 Å². The fraction of sp³-hybridized carbons (Fsp3) is 0.429. The predicted octanol–water partition coefficient (Wildman–Crippen LogP) is 3.48. The van der Waals surface area contributed by atoms with Crippen LogP contribution in [0.25, 0.3) is 5.70 Å². The van der Waals surface area contributed by atoms with Gasteiger partial charge in [0.1, 0.15) is 12.9 Å². The first-order chi connectivity index (χ1) is 7.46. The Kier molecular flexibility index (Phi) is 4.10. The molecule has 1 aliphatic heterocycles. The van der Waals surface area contributed by atoms with Gasteiger partial charge >= 0.3 is 0 Å². The van der Waals surface area contributed by atoms with Gasteiger partial charge in [0.15, 0.2) is 0 Å². The minimum absolute atomic E-state index is 0. The first-order valence-corrected chi connectivity index (χ1v) is 5.65. The third kappa shape index (κ3) is 3.40. The van der Waals surface area contributed by atoms with Crippen molar-refractivity contribution in [3.63, 3.8) is 0 Å². The van der Waals surface area contributed by atoms with E-state index in [1.54, 1.807) is 6.26 Å². The van der Waals surface area contributed by atoms with E-state index in [0.29, 0.717) is 12.0 Å². The van der Waals surface area contributed by atoms with Gasteiger partial charge in [0, 0.05) is 5.56 Å². The summed E-state index contributed by atoms with van der Waals surface area (Å²) in [5.41, 5.74) is 10.6. The molecule has 0 amide bonds. The highest BCUT2D eigenvalue weighted by Gasteiger charge is 2.15. The Labute approximate surface area is 109 Å². The molecule has 0 fully saturated rings. The summed E-state index contributed by atoms with van der Waals surface area (Å²) in [6, 6.07) is 6.48. The van der Waals surface area contributed by atoms with Crippen LogP contribution in [0.1, 0.15) is 37.5 Å². The van der Waals surface area contributed by atoms with Gasteiger partial charge in [-0.3, -0.25) is 0 Å². The Morgan fingerprint density at radius 3 is 2.65 bits per heavy atom. The number of halogens is 1. The molecule has 0 unspecified atom stereocenters. The molecular weight excluding hydrogens is 234 g/mol. The van der Waals surface area contributed by atoms with Crippen molar-refractivity contribution in [3.8, 4) is 0 Å². The summed E-state index contributed by atoms with van der Waals surface area (Å²) >= 11 is 0. The van der Waals surface area contributed by atoms with E-state index in [2.05, 4.69) is 39.0 Å². The van der Waals surface area contributed by atoms with E-state index in [0.717, 1.165) is 17.7 Å². The van der Waals surface area contributed by atoms with Gasteiger partial charge in [-0.1, -0.05) is 32.9 Å². The minimum Gasteiger partial charge on any atom is -0.494 e. The zero-order valence-electron chi connectivity index (χ0n) is 10.6. The maximum atomic E-state index is 5.92. The quantitative estimate of drug-likeness (QED) is 0.832. The molecule has 2 rings (SSSR count). The number of rotatable bonds is 1. The first-order valence-electron chi connectivity index (χ1n) is 5.65. The highest BCUT2D eigenvalue weighted by atomic mass is 35.5. The van der Waals surface area contributed by atoms with Crippen molar-refractivity contribution < 1.29 is 4.74 Å². The zero-order chi connectivity index (χ0) is 11.8. The van der Waals surface area contributed by atoms with Gasteiger partial charge in [-0.2, -0.15) is 0 Å². The third-order valence-electron chi connectivity index (χ3n) is 2.67. The lowest BCUT2D eigenvalue weighted by atomic mass is 9.86. The lowest BCUT2D eigenvalue weighted by molar-refractivity contribution is 0.232. The van der Waals surface area contributed by atoms with Crippen LogP contribution in [0.2, 0.25) is 0 Å². The Balaban J connectivity index is 0.00000144. The number of ether oxygens (including phenoxy) is 1. The largest absolute Gasteiger partial charge is 0.494 e. The molecule has 0 saturated heterocycles. The van der Waals surface area contributed by atoms with Gasteiger partial charge < -0.3 is 10.5 Å². The maximum Gasteiger partial charge on any atom is 0.113 e. The van der Waals surface area contributed by atoms with Crippen LogP contribution >= 0.6 is 12.4 Å². The van der Waals surface area contributed by atoms with Gasteiger partial charge in [0.2, 0.25) is 0 Å². The molecule has 0 spiro atoms. The van der Waals surface area contributed by atoms with Crippen LogP contribution in [-0.4, -0.2) is 0 Å². The normalized spacial score (nSPS) is 14.2. The second-order valence-electron chi connectivity index (χ2n) is 5.61.